The Bertz CT molecular complexity index is 1150. The van der Waals surface area contributed by atoms with Gasteiger partial charge in [-0.3, -0.25) is 9.89 Å². The molecular formula is C25H32N6O3. The topological polar surface area (TPSA) is 96.5 Å². The minimum atomic E-state index is -0.0360. The molecule has 0 radical (unpaired) electrons. The molecular weight excluding hydrogens is 432 g/mol. The number of H-pyrrole nitrogens is 1. The minimum absolute atomic E-state index is 0.0360. The van der Waals surface area contributed by atoms with Crippen molar-refractivity contribution in [1.82, 2.24) is 25.1 Å². The molecule has 1 saturated heterocycles. The number of fused-ring (bicyclic) bond motifs is 1. The van der Waals surface area contributed by atoms with Crippen LogP contribution in [0, 0.1) is 0 Å². The van der Waals surface area contributed by atoms with Crippen molar-refractivity contribution in [2.75, 3.05) is 44.3 Å². The first kappa shape index (κ1) is 22.6. The number of aromatic nitrogens is 4. The Morgan fingerprint density at radius 3 is 2.71 bits per heavy atom. The van der Waals surface area contributed by atoms with Gasteiger partial charge < -0.3 is 19.3 Å². The Balaban J connectivity index is 1.26. The number of anilines is 1. The molecule has 1 aliphatic carbocycles. The number of carbonyl (C=O) groups is 1. The van der Waals surface area contributed by atoms with Gasteiger partial charge in [0.2, 0.25) is 5.91 Å². The molecule has 34 heavy (non-hydrogen) atoms. The lowest BCUT2D eigenvalue weighted by Gasteiger charge is -2.35. The van der Waals surface area contributed by atoms with E-state index in [4.69, 9.17) is 9.47 Å². The Labute approximate surface area is 199 Å². The summed E-state index contributed by atoms with van der Waals surface area (Å²) in [4.78, 5) is 25.5. The van der Waals surface area contributed by atoms with Crippen molar-refractivity contribution in [3.05, 3.63) is 30.6 Å². The van der Waals surface area contributed by atoms with Gasteiger partial charge in [0.15, 0.2) is 0 Å². The highest BCUT2D eigenvalue weighted by Crippen LogP contribution is 2.40. The number of carbonyl (C=O) groups excluding carboxylic acids is 1. The van der Waals surface area contributed by atoms with Crippen LogP contribution in [0.25, 0.3) is 22.3 Å². The highest BCUT2D eigenvalue weighted by atomic mass is 16.5. The van der Waals surface area contributed by atoms with Gasteiger partial charge in [0.05, 0.1) is 24.2 Å². The lowest BCUT2D eigenvalue weighted by molar-refractivity contribution is -0.132. The maximum atomic E-state index is 12.4. The van der Waals surface area contributed by atoms with Crippen LogP contribution in [0.5, 0.6) is 5.75 Å². The van der Waals surface area contributed by atoms with E-state index < -0.39 is 0 Å². The van der Waals surface area contributed by atoms with Crippen molar-refractivity contribution in [2.24, 2.45) is 0 Å². The number of ether oxygens (including phenoxy) is 2. The van der Waals surface area contributed by atoms with Gasteiger partial charge in [-0.1, -0.05) is 6.92 Å². The number of nitrogens with zero attached hydrogens (tertiary/aromatic N) is 5. The summed E-state index contributed by atoms with van der Waals surface area (Å²) in [5.74, 6) is 1.85. The van der Waals surface area contributed by atoms with E-state index in [9.17, 15) is 4.79 Å². The van der Waals surface area contributed by atoms with E-state index in [0.29, 0.717) is 32.7 Å². The monoisotopic (exact) mass is 464 g/mol. The van der Waals surface area contributed by atoms with E-state index in [1.54, 1.807) is 6.33 Å². The molecule has 3 heterocycles. The number of benzene rings is 1. The first-order valence-corrected chi connectivity index (χ1v) is 12.1. The van der Waals surface area contributed by atoms with Crippen LogP contribution >= 0.6 is 0 Å². The van der Waals surface area contributed by atoms with Gasteiger partial charge in [0.1, 0.15) is 29.2 Å². The van der Waals surface area contributed by atoms with Gasteiger partial charge in [0.25, 0.3) is 0 Å². The van der Waals surface area contributed by atoms with E-state index in [-0.39, 0.29) is 11.5 Å². The normalized spacial score (nSPS) is 17.2. The minimum Gasteiger partial charge on any atom is -0.488 e. The summed E-state index contributed by atoms with van der Waals surface area (Å²) in [5.41, 5.74) is 2.45. The number of piperazine rings is 1. The number of nitrogens with one attached hydrogen (secondary N) is 1. The molecule has 9 heteroatoms. The maximum absolute atomic E-state index is 12.4. The SMILES string of the molecule is CCCOCCC(=O)N1CCN(c2cc(-c3n[nH]c4ccc(OC5(C)CC5)cc34)ncn2)CC1. The Kier molecular flexibility index (Phi) is 6.36. The highest BCUT2D eigenvalue weighted by Gasteiger charge is 2.40. The predicted octanol–water partition coefficient (Wildman–Crippen LogP) is 3.42. The average Bonchev–Trinajstić information content (AvgIpc) is 3.43. The Hall–Kier alpha value is -3.20. The smallest absolute Gasteiger partial charge is 0.225 e. The van der Waals surface area contributed by atoms with Crippen molar-refractivity contribution in [2.45, 2.75) is 45.1 Å². The number of hydrogen-bond acceptors (Lipinski definition) is 7. The second-order valence-electron chi connectivity index (χ2n) is 9.32. The molecule has 1 N–H and O–H groups in total. The number of hydrogen-bond donors (Lipinski definition) is 1. The number of amides is 1. The van der Waals surface area contributed by atoms with E-state index >= 15 is 0 Å². The predicted molar refractivity (Wildman–Crippen MR) is 130 cm³/mol. The molecule has 0 spiro atoms. The second kappa shape index (κ2) is 9.58. The van der Waals surface area contributed by atoms with Crippen LogP contribution in [-0.4, -0.2) is 76.0 Å². The first-order chi connectivity index (χ1) is 16.5. The molecule has 2 aliphatic rings. The molecule has 180 valence electrons. The fourth-order valence-electron chi connectivity index (χ4n) is 4.21. The van der Waals surface area contributed by atoms with E-state index in [2.05, 4.69) is 38.9 Å². The van der Waals surface area contributed by atoms with Gasteiger partial charge in [0, 0.05) is 44.2 Å². The van der Waals surface area contributed by atoms with E-state index in [1.165, 1.54) is 0 Å². The van der Waals surface area contributed by atoms with Crippen molar-refractivity contribution in [3.8, 4) is 17.1 Å². The van der Waals surface area contributed by atoms with Crippen LogP contribution in [0.1, 0.15) is 39.5 Å². The molecule has 1 amide bonds. The highest BCUT2D eigenvalue weighted by molar-refractivity contribution is 5.93. The molecule has 9 nitrogen and oxygen atoms in total. The molecule has 1 saturated carbocycles. The largest absolute Gasteiger partial charge is 0.488 e. The van der Waals surface area contributed by atoms with Crippen LogP contribution in [0.2, 0.25) is 0 Å². The summed E-state index contributed by atoms with van der Waals surface area (Å²) in [7, 11) is 0. The van der Waals surface area contributed by atoms with E-state index in [0.717, 1.165) is 66.2 Å². The maximum Gasteiger partial charge on any atom is 0.225 e. The van der Waals surface area contributed by atoms with Gasteiger partial charge in [-0.2, -0.15) is 5.10 Å². The lowest BCUT2D eigenvalue weighted by Crippen LogP contribution is -2.49. The van der Waals surface area contributed by atoms with Crippen molar-refractivity contribution >= 4 is 22.6 Å². The van der Waals surface area contributed by atoms with Crippen LogP contribution in [0.4, 0.5) is 5.82 Å². The van der Waals surface area contributed by atoms with Gasteiger partial charge in [-0.25, -0.2) is 9.97 Å². The van der Waals surface area contributed by atoms with Gasteiger partial charge >= 0.3 is 0 Å². The molecule has 2 fully saturated rings. The van der Waals surface area contributed by atoms with Gasteiger partial charge in [-0.15, -0.1) is 0 Å². The van der Waals surface area contributed by atoms with Crippen LogP contribution < -0.4 is 9.64 Å². The van der Waals surface area contributed by atoms with Gasteiger partial charge in [-0.05, 0) is 44.4 Å². The average molecular weight is 465 g/mol. The lowest BCUT2D eigenvalue weighted by atomic mass is 10.1. The zero-order valence-electron chi connectivity index (χ0n) is 19.9. The first-order valence-electron chi connectivity index (χ1n) is 12.1. The fraction of sp³-hybridized carbons (Fsp3) is 0.520. The Morgan fingerprint density at radius 1 is 1.12 bits per heavy atom. The molecule has 2 aromatic heterocycles. The quantitative estimate of drug-likeness (QED) is 0.485. The summed E-state index contributed by atoms with van der Waals surface area (Å²) in [6, 6.07) is 7.99. The third-order valence-corrected chi connectivity index (χ3v) is 6.51. The standard InChI is InChI=1S/C25H32N6O3/c1-3-13-33-14-6-23(32)31-11-9-30(10-12-31)22-16-21(26-17-27-22)24-19-15-18(34-25(2)7-8-25)4-5-20(19)28-29-24/h4-5,15-17H,3,6-14H2,1-2H3,(H,28,29). The Morgan fingerprint density at radius 2 is 1.94 bits per heavy atom. The van der Waals surface area contributed by atoms with Crippen LogP contribution in [0.15, 0.2) is 30.6 Å². The summed E-state index contributed by atoms with van der Waals surface area (Å²) < 4.78 is 11.6. The molecule has 0 atom stereocenters. The van der Waals surface area contributed by atoms with Crippen molar-refractivity contribution < 1.29 is 14.3 Å². The van der Waals surface area contributed by atoms with E-state index in [1.807, 2.05) is 29.2 Å². The zero-order chi connectivity index (χ0) is 23.5. The second-order valence-corrected chi connectivity index (χ2v) is 9.32. The summed E-state index contributed by atoms with van der Waals surface area (Å²) >= 11 is 0. The zero-order valence-corrected chi connectivity index (χ0v) is 19.9. The number of rotatable bonds is 9. The molecule has 1 aliphatic heterocycles. The van der Waals surface area contributed by atoms with Crippen molar-refractivity contribution in [1.29, 1.82) is 0 Å². The fourth-order valence-corrected chi connectivity index (χ4v) is 4.21. The molecule has 0 unspecified atom stereocenters. The summed E-state index contributed by atoms with van der Waals surface area (Å²) in [6.45, 7) is 8.22. The third kappa shape index (κ3) is 4.99. The van der Waals surface area contributed by atoms with Crippen LogP contribution in [-0.2, 0) is 9.53 Å². The molecule has 5 rings (SSSR count). The summed E-state index contributed by atoms with van der Waals surface area (Å²) in [6.07, 6.45) is 5.17. The summed E-state index contributed by atoms with van der Waals surface area (Å²) in [5, 5.41) is 8.61. The molecule has 0 bridgehead atoms. The van der Waals surface area contributed by atoms with Crippen molar-refractivity contribution in [3.63, 3.8) is 0 Å². The molecule has 1 aromatic carbocycles. The van der Waals surface area contributed by atoms with Crippen LogP contribution in [0.3, 0.4) is 0 Å². The number of aromatic amines is 1. The molecule has 3 aromatic rings. The third-order valence-electron chi connectivity index (χ3n) is 6.51.